The number of ether oxygens (including phenoxy) is 2. The molecule has 0 atom stereocenters. The van der Waals surface area contributed by atoms with E-state index in [1.807, 2.05) is 13.8 Å². The molecule has 1 aromatic rings. The molecule has 0 N–H and O–H groups in total. The smallest absolute Gasteiger partial charge is 0.139 e. The van der Waals surface area contributed by atoms with Gasteiger partial charge in [-0.1, -0.05) is 16.1 Å². The van der Waals surface area contributed by atoms with Crippen LogP contribution >= 0.6 is 23.1 Å². The van der Waals surface area contributed by atoms with E-state index in [1.165, 1.54) is 11.5 Å². The summed E-state index contributed by atoms with van der Waals surface area (Å²) in [5, 5.41) is 3.82. The molecule has 0 saturated carbocycles. The van der Waals surface area contributed by atoms with Gasteiger partial charge >= 0.3 is 0 Å². The summed E-state index contributed by atoms with van der Waals surface area (Å²) in [7, 11) is 0. The maximum absolute atomic E-state index is 5.79. The summed E-state index contributed by atoms with van der Waals surface area (Å²) in [5.74, 6) is 0. The summed E-state index contributed by atoms with van der Waals surface area (Å²) in [6.45, 7) is 5.51. The van der Waals surface area contributed by atoms with Gasteiger partial charge in [-0.15, -0.1) is 5.10 Å². The quantitative estimate of drug-likeness (QED) is 0.710. The number of hydrogen-bond donors (Lipinski definition) is 0. The largest absolute Gasteiger partial charge is 0.376 e. The molecule has 4 nitrogen and oxygen atoms in total. The molecule has 0 spiro atoms. The first kappa shape index (κ1) is 11.8. The van der Waals surface area contributed by atoms with Gasteiger partial charge in [0.1, 0.15) is 10.0 Å². The Morgan fingerprint density at radius 2 is 2.21 bits per heavy atom. The Kier molecular flexibility index (Phi) is 5.32. The predicted octanol–water partition coefficient (Wildman–Crippen LogP) is 2.13. The number of aromatic nitrogens is 2. The fourth-order valence-electron chi connectivity index (χ4n) is 0.795. The molecule has 0 aliphatic carbocycles. The molecule has 0 bridgehead atoms. The van der Waals surface area contributed by atoms with E-state index in [2.05, 4.69) is 9.59 Å². The second kappa shape index (κ2) is 6.29. The topological polar surface area (TPSA) is 44.2 Å². The first-order chi connectivity index (χ1) is 6.70. The van der Waals surface area contributed by atoms with Crippen LogP contribution in [0.5, 0.6) is 0 Å². The minimum atomic E-state index is 0.239. The summed E-state index contributed by atoms with van der Waals surface area (Å²) < 4.78 is 14.9. The molecule has 0 unspecified atom stereocenters. The average Bonchev–Trinajstić information content (AvgIpc) is 2.51. The van der Waals surface area contributed by atoms with Gasteiger partial charge in [0.25, 0.3) is 0 Å². The average molecular weight is 237 g/mol. The van der Waals surface area contributed by atoms with Crippen LogP contribution in [0, 0.1) is 0 Å². The number of rotatable bonds is 6. The summed E-state index contributed by atoms with van der Waals surface area (Å²) in [5.41, 5.74) is 0.696. The van der Waals surface area contributed by atoms with Gasteiger partial charge in [0, 0.05) is 11.5 Å². The van der Waals surface area contributed by atoms with E-state index in [-0.39, 0.29) is 6.10 Å². The number of hydrogen-bond acceptors (Lipinski definition) is 5. The van der Waals surface area contributed by atoms with Crippen molar-refractivity contribution in [2.45, 2.75) is 26.6 Å². The first-order valence-electron chi connectivity index (χ1n) is 4.36. The van der Waals surface area contributed by atoms with Crippen molar-refractivity contribution in [1.29, 1.82) is 0 Å². The lowest BCUT2D eigenvalue weighted by atomic mass is 10.5. The van der Waals surface area contributed by atoms with Crippen molar-refractivity contribution >= 4 is 23.1 Å². The van der Waals surface area contributed by atoms with E-state index < -0.39 is 0 Å². The first-order valence-corrected chi connectivity index (χ1v) is 5.51. The Bertz CT molecular complexity index is 268. The van der Waals surface area contributed by atoms with Gasteiger partial charge in [-0.05, 0) is 13.8 Å². The third-order valence-electron chi connectivity index (χ3n) is 1.43. The highest BCUT2D eigenvalue weighted by atomic mass is 35.5. The normalized spacial score (nSPS) is 11.1. The van der Waals surface area contributed by atoms with Crippen molar-refractivity contribution in [3.8, 4) is 0 Å². The van der Waals surface area contributed by atoms with Crippen molar-refractivity contribution in [1.82, 2.24) is 9.59 Å². The maximum Gasteiger partial charge on any atom is 0.139 e. The van der Waals surface area contributed by atoms with Crippen LogP contribution in [-0.2, 0) is 16.1 Å². The van der Waals surface area contributed by atoms with Gasteiger partial charge in [0.15, 0.2) is 0 Å². The summed E-state index contributed by atoms with van der Waals surface area (Å²) in [6.07, 6.45) is 0.239. The lowest BCUT2D eigenvalue weighted by molar-refractivity contribution is 0.0135. The fraction of sp³-hybridized carbons (Fsp3) is 0.750. The second-order valence-corrected chi connectivity index (χ2v) is 4.32. The molecule has 0 radical (unpaired) electrons. The van der Waals surface area contributed by atoms with E-state index in [0.29, 0.717) is 29.9 Å². The second-order valence-electron chi connectivity index (χ2n) is 2.97. The zero-order valence-corrected chi connectivity index (χ0v) is 9.77. The minimum Gasteiger partial charge on any atom is -0.376 e. The van der Waals surface area contributed by atoms with Crippen LogP contribution in [0.3, 0.4) is 0 Å². The lowest BCUT2D eigenvalue weighted by Crippen LogP contribution is -2.09. The Hall–Kier alpha value is -0.230. The van der Waals surface area contributed by atoms with E-state index in [1.54, 1.807) is 0 Å². The van der Waals surface area contributed by atoms with Crippen LogP contribution < -0.4 is 0 Å². The van der Waals surface area contributed by atoms with Gasteiger partial charge in [-0.3, -0.25) is 0 Å². The molecule has 0 saturated heterocycles. The minimum absolute atomic E-state index is 0.239. The Balaban J connectivity index is 2.08. The van der Waals surface area contributed by atoms with Crippen LogP contribution in [0.15, 0.2) is 0 Å². The van der Waals surface area contributed by atoms with Crippen molar-refractivity contribution < 1.29 is 9.47 Å². The molecule has 14 heavy (non-hydrogen) atoms. The van der Waals surface area contributed by atoms with Crippen LogP contribution in [0.25, 0.3) is 0 Å². The fourth-order valence-corrected chi connectivity index (χ4v) is 1.40. The van der Waals surface area contributed by atoms with E-state index in [0.717, 1.165) is 0 Å². The molecule has 0 fully saturated rings. The van der Waals surface area contributed by atoms with Crippen LogP contribution in [0.2, 0.25) is 4.34 Å². The lowest BCUT2D eigenvalue weighted by Gasteiger charge is -2.06. The summed E-state index contributed by atoms with van der Waals surface area (Å²) in [6, 6.07) is 0. The van der Waals surface area contributed by atoms with E-state index in [4.69, 9.17) is 21.1 Å². The molecular weight excluding hydrogens is 224 g/mol. The van der Waals surface area contributed by atoms with Crippen LogP contribution in [0.1, 0.15) is 19.5 Å². The number of nitrogens with zero attached hydrogens (tertiary/aromatic N) is 2. The Labute approximate surface area is 92.3 Å². The molecule has 6 heteroatoms. The highest BCUT2D eigenvalue weighted by molar-refractivity contribution is 7.10. The highest BCUT2D eigenvalue weighted by Gasteiger charge is 2.04. The monoisotopic (exact) mass is 236 g/mol. The van der Waals surface area contributed by atoms with Crippen molar-refractivity contribution in [2.75, 3.05) is 13.2 Å². The predicted molar refractivity (Wildman–Crippen MR) is 55.7 cm³/mol. The molecule has 0 aromatic carbocycles. The third kappa shape index (κ3) is 4.32. The SMILES string of the molecule is CC(C)OCCOCc1nnsc1Cl. The van der Waals surface area contributed by atoms with Crippen LogP contribution in [0.4, 0.5) is 0 Å². The van der Waals surface area contributed by atoms with Gasteiger partial charge in [-0.2, -0.15) is 0 Å². The molecule has 0 aliphatic rings. The standard InChI is InChI=1S/C8H13ClN2O2S/c1-6(2)13-4-3-12-5-7-8(9)14-11-10-7/h6H,3-5H2,1-2H3. The van der Waals surface area contributed by atoms with Gasteiger partial charge in [0.2, 0.25) is 0 Å². The van der Waals surface area contributed by atoms with Crippen molar-refractivity contribution in [3.05, 3.63) is 10.0 Å². The van der Waals surface area contributed by atoms with Crippen molar-refractivity contribution in [2.24, 2.45) is 0 Å². The molecule has 80 valence electrons. The molecule has 1 aromatic heterocycles. The van der Waals surface area contributed by atoms with Gasteiger partial charge in [0.05, 0.1) is 25.9 Å². The third-order valence-corrected chi connectivity index (χ3v) is 2.41. The van der Waals surface area contributed by atoms with Gasteiger partial charge < -0.3 is 9.47 Å². The zero-order valence-electron chi connectivity index (χ0n) is 8.20. The Morgan fingerprint density at radius 3 is 2.79 bits per heavy atom. The maximum atomic E-state index is 5.79. The number of halogens is 1. The molecular formula is C8H13ClN2O2S. The van der Waals surface area contributed by atoms with Crippen molar-refractivity contribution in [3.63, 3.8) is 0 Å². The summed E-state index contributed by atoms with van der Waals surface area (Å²) >= 11 is 6.95. The zero-order chi connectivity index (χ0) is 10.4. The Morgan fingerprint density at radius 1 is 1.43 bits per heavy atom. The molecule has 1 heterocycles. The van der Waals surface area contributed by atoms with E-state index >= 15 is 0 Å². The van der Waals surface area contributed by atoms with E-state index in [9.17, 15) is 0 Å². The molecule has 0 amide bonds. The highest BCUT2D eigenvalue weighted by Crippen LogP contribution is 2.17. The van der Waals surface area contributed by atoms with Crippen LogP contribution in [-0.4, -0.2) is 28.9 Å². The molecule has 0 aliphatic heterocycles. The molecule has 1 rings (SSSR count). The van der Waals surface area contributed by atoms with Gasteiger partial charge in [-0.25, -0.2) is 0 Å². The summed E-state index contributed by atoms with van der Waals surface area (Å²) in [4.78, 5) is 0.